The second-order valence-electron chi connectivity index (χ2n) is 4.21. The van der Waals surface area contributed by atoms with Gasteiger partial charge in [0.25, 0.3) is 5.91 Å². The maximum absolute atomic E-state index is 12.2. The summed E-state index contributed by atoms with van der Waals surface area (Å²) in [6.45, 7) is 3.00. The van der Waals surface area contributed by atoms with Gasteiger partial charge in [-0.1, -0.05) is 13.3 Å². The zero-order valence-corrected chi connectivity index (χ0v) is 11.1. The molecule has 0 saturated heterocycles. The number of unbranched alkanes of at least 4 members (excludes halogenated alkanes) is 1. The van der Waals surface area contributed by atoms with E-state index in [4.69, 9.17) is 5.11 Å². The van der Waals surface area contributed by atoms with Gasteiger partial charge in [0.2, 0.25) is 6.41 Å². The summed E-state index contributed by atoms with van der Waals surface area (Å²) < 4.78 is 0. The standard InChI is InChI=1S/C14H20N2O3/c1-2-3-8-16(9-10-17)14(19)12-4-6-13(7-5-12)15-11-18/h4-7,11,17H,2-3,8-10H2,1H3,(H,15,18). The summed E-state index contributed by atoms with van der Waals surface area (Å²) in [6.07, 6.45) is 2.50. The highest BCUT2D eigenvalue weighted by Gasteiger charge is 2.14. The molecule has 2 N–H and O–H groups in total. The first kappa shape index (κ1) is 15.2. The predicted molar refractivity (Wildman–Crippen MR) is 74.0 cm³/mol. The number of anilines is 1. The minimum absolute atomic E-state index is 0.0414. The van der Waals surface area contributed by atoms with E-state index in [-0.39, 0.29) is 12.5 Å². The highest BCUT2D eigenvalue weighted by atomic mass is 16.3. The van der Waals surface area contributed by atoms with E-state index in [2.05, 4.69) is 12.2 Å². The first-order chi connectivity index (χ1) is 9.22. The Morgan fingerprint density at radius 2 is 2.00 bits per heavy atom. The molecule has 1 aromatic carbocycles. The lowest BCUT2D eigenvalue weighted by Gasteiger charge is -2.21. The van der Waals surface area contributed by atoms with Crippen molar-refractivity contribution in [3.8, 4) is 0 Å². The lowest BCUT2D eigenvalue weighted by atomic mass is 10.1. The monoisotopic (exact) mass is 264 g/mol. The van der Waals surface area contributed by atoms with E-state index in [1.54, 1.807) is 29.2 Å². The number of rotatable bonds is 8. The van der Waals surface area contributed by atoms with Crippen molar-refractivity contribution < 1.29 is 14.7 Å². The fraction of sp³-hybridized carbons (Fsp3) is 0.429. The Kier molecular flexibility index (Phi) is 6.60. The molecule has 0 bridgehead atoms. The number of carbonyl (C=O) groups is 2. The van der Waals surface area contributed by atoms with E-state index in [1.807, 2.05) is 0 Å². The highest BCUT2D eigenvalue weighted by Crippen LogP contribution is 2.11. The van der Waals surface area contributed by atoms with Crippen LogP contribution in [0.25, 0.3) is 0 Å². The maximum atomic E-state index is 12.2. The molecule has 0 fully saturated rings. The number of aliphatic hydroxyl groups excluding tert-OH is 1. The third-order valence-corrected chi connectivity index (χ3v) is 2.80. The van der Waals surface area contributed by atoms with Crippen molar-refractivity contribution in [1.82, 2.24) is 4.90 Å². The minimum Gasteiger partial charge on any atom is -0.395 e. The van der Waals surface area contributed by atoms with Gasteiger partial charge in [0.05, 0.1) is 6.61 Å². The quantitative estimate of drug-likeness (QED) is 0.699. The number of hydrogen-bond donors (Lipinski definition) is 2. The van der Waals surface area contributed by atoms with Crippen LogP contribution in [0.3, 0.4) is 0 Å². The molecular weight excluding hydrogens is 244 g/mol. The van der Waals surface area contributed by atoms with Gasteiger partial charge in [0.1, 0.15) is 0 Å². The van der Waals surface area contributed by atoms with Gasteiger partial charge in [-0.25, -0.2) is 0 Å². The Balaban J connectivity index is 2.74. The molecule has 2 amide bonds. The lowest BCUT2D eigenvalue weighted by molar-refractivity contribution is -0.105. The van der Waals surface area contributed by atoms with Crippen molar-refractivity contribution in [3.05, 3.63) is 29.8 Å². The zero-order valence-electron chi connectivity index (χ0n) is 11.1. The molecule has 0 spiro atoms. The van der Waals surface area contributed by atoms with Gasteiger partial charge in [-0.2, -0.15) is 0 Å². The summed E-state index contributed by atoms with van der Waals surface area (Å²) in [4.78, 5) is 24.2. The molecule has 0 heterocycles. The lowest BCUT2D eigenvalue weighted by Crippen LogP contribution is -2.34. The smallest absolute Gasteiger partial charge is 0.253 e. The number of benzene rings is 1. The fourth-order valence-electron chi connectivity index (χ4n) is 1.74. The van der Waals surface area contributed by atoms with Crippen molar-refractivity contribution in [2.75, 3.05) is 25.0 Å². The maximum Gasteiger partial charge on any atom is 0.253 e. The van der Waals surface area contributed by atoms with Crippen LogP contribution in [0.5, 0.6) is 0 Å². The largest absolute Gasteiger partial charge is 0.395 e. The molecule has 5 nitrogen and oxygen atoms in total. The van der Waals surface area contributed by atoms with Crippen LogP contribution in [0.2, 0.25) is 0 Å². The van der Waals surface area contributed by atoms with Crippen molar-refractivity contribution >= 4 is 18.0 Å². The molecule has 0 saturated carbocycles. The van der Waals surface area contributed by atoms with Crippen LogP contribution in [0, 0.1) is 0 Å². The molecule has 0 unspecified atom stereocenters. The van der Waals surface area contributed by atoms with Crippen LogP contribution in [0.4, 0.5) is 5.69 Å². The molecule has 19 heavy (non-hydrogen) atoms. The Hall–Kier alpha value is -1.88. The van der Waals surface area contributed by atoms with Gasteiger partial charge in [-0.05, 0) is 30.7 Å². The molecule has 1 aromatic rings. The first-order valence-electron chi connectivity index (χ1n) is 6.43. The molecule has 0 aromatic heterocycles. The molecule has 0 radical (unpaired) electrons. The van der Waals surface area contributed by atoms with Crippen LogP contribution >= 0.6 is 0 Å². The Morgan fingerprint density at radius 1 is 1.32 bits per heavy atom. The van der Waals surface area contributed by atoms with Gasteiger partial charge >= 0.3 is 0 Å². The number of aliphatic hydroxyl groups is 1. The summed E-state index contributed by atoms with van der Waals surface area (Å²) in [5, 5.41) is 11.5. The highest BCUT2D eigenvalue weighted by molar-refractivity contribution is 5.94. The Bertz CT molecular complexity index is 404. The molecule has 104 valence electrons. The van der Waals surface area contributed by atoms with Crippen LogP contribution in [-0.4, -0.2) is 42.0 Å². The second kappa shape index (κ2) is 8.26. The molecule has 0 aliphatic rings. The summed E-state index contributed by atoms with van der Waals surface area (Å²) in [6, 6.07) is 6.70. The van der Waals surface area contributed by atoms with E-state index in [9.17, 15) is 9.59 Å². The Labute approximate surface area is 113 Å². The summed E-state index contributed by atoms with van der Waals surface area (Å²) in [7, 11) is 0. The first-order valence-corrected chi connectivity index (χ1v) is 6.43. The van der Waals surface area contributed by atoms with E-state index in [1.165, 1.54) is 0 Å². The number of nitrogens with one attached hydrogen (secondary N) is 1. The molecule has 5 heteroatoms. The molecule has 0 aliphatic heterocycles. The van der Waals surface area contributed by atoms with E-state index < -0.39 is 0 Å². The molecule has 1 rings (SSSR count). The van der Waals surface area contributed by atoms with Gasteiger partial charge in [0.15, 0.2) is 0 Å². The third kappa shape index (κ3) is 4.71. The van der Waals surface area contributed by atoms with Crippen LogP contribution in [0.15, 0.2) is 24.3 Å². The number of carbonyl (C=O) groups excluding carboxylic acids is 2. The van der Waals surface area contributed by atoms with Crippen LogP contribution in [-0.2, 0) is 4.79 Å². The predicted octanol–water partition coefficient (Wildman–Crippen LogP) is 1.49. The van der Waals surface area contributed by atoms with E-state index in [0.717, 1.165) is 12.8 Å². The number of hydrogen-bond acceptors (Lipinski definition) is 3. The van der Waals surface area contributed by atoms with Gasteiger partial charge < -0.3 is 15.3 Å². The van der Waals surface area contributed by atoms with Gasteiger partial charge in [-0.15, -0.1) is 0 Å². The zero-order chi connectivity index (χ0) is 14.1. The molecular formula is C14H20N2O3. The molecule has 0 aliphatic carbocycles. The van der Waals surface area contributed by atoms with Crippen molar-refractivity contribution in [2.24, 2.45) is 0 Å². The summed E-state index contributed by atoms with van der Waals surface area (Å²) in [5.74, 6) is -0.0971. The minimum atomic E-state index is -0.0971. The summed E-state index contributed by atoms with van der Waals surface area (Å²) in [5.41, 5.74) is 1.20. The average Bonchev–Trinajstić information content (AvgIpc) is 2.44. The van der Waals surface area contributed by atoms with Gasteiger partial charge in [-0.3, -0.25) is 9.59 Å². The average molecular weight is 264 g/mol. The Morgan fingerprint density at radius 3 is 2.53 bits per heavy atom. The van der Waals surface area contributed by atoms with E-state index >= 15 is 0 Å². The number of nitrogens with zero attached hydrogens (tertiary/aromatic N) is 1. The van der Waals surface area contributed by atoms with Crippen LogP contribution in [0.1, 0.15) is 30.1 Å². The topological polar surface area (TPSA) is 69.6 Å². The third-order valence-electron chi connectivity index (χ3n) is 2.80. The second-order valence-corrected chi connectivity index (χ2v) is 4.21. The van der Waals surface area contributed by atoms with E-state index in [0.29, 0.717) is 30.8 Å². The van der Waals surface area contributed by atoms with Crippen molar-refractivity contribution in [1.29, 1.82) is 0 Å². The van der Waals surface area contributed by atoms with Crippen molar-refractivity contribution in [2.45, 2.75) is 19.8 Å². The van der Waals surface area contributed by atoms with Crippen molar-refractivity contribution in [3.63, 3.8) is 0 Å². The normalized spacial score (nSPS) is 10.0. The van der Waals surface area contributed by atoms with Crippen LogP contribution < -0.4 is 5.32 Å². The molecule has 0 atom stereocenters. The SMILES string of the molecule is CCCCN(CCO)C(=O)c1ccc(NC=O)cc1. The number of amides is 2. The summed E-state index contributed by atoms with van der Waals surface area (Å²) >= 11 is 0. The fourth-order valence-corrected chi connectivity index (χ4v) is 1.74. The van der Waals surface area contributed by atoms with Gasteiger partial charge in [0, 0.05) is 24.3 Å².